The standard InChI is InChI=1S/C16H28O.2C15H24O/c1-12-10-15(5,6)16(7,11-12)13(17)8-9-14(2,3)4;1-11-12(7-9-14(2,3)4)15(5,6)10-8-13(11)16;1-11-9-12(16)10-15(5,6)13(11)7-8-14(2,3)4/h8-9,12H,10-11H2,1-7H3;7,9H,8,10H2,1-6H3;7-8H,9-10H2,1-6H3/b9-8+;9-7+;8-7+. The maximum absolute atomic E-state index is 12.5. The summed E-state index contributed by atoms with van der Waals surface area (Å²) in [6.45, 7) is 41.2. The van der Waals surface area contributed by atoms with Gasteiger partial charge in [0.1, 0.15) is 5.78 Å². The van der Waals surface area contributed by atoms with E-state index >= 15 is 0 Å². The fourth-order valence-electron chi connectivity index (χ4n) is 7.50. The molecule has 0 amide bonds. The fourth-order valence-corrected chi connectivity index (χ4v) is 7.50. The van der Waals surface area contributed by atoms with Crippen LogP contribution in [0.2, 0.25) is 0 Å². The second-order valence-corrected chi connectivity index (χ2v) is 21.0. The average molecular weight is 677 g/mol. The van der Waals surface area contributed by atoms with E-state index in [1.807, 2.05) is 19.1 Å². The smallest absolute Gasteiger partial charge is 0.161 e. The van der Waals surface area contributed by atoms with Crippen molar-refractivity contribution in [1.82, 2.24) is 0 Å². The molecular weight excluding hydrogens is 601 g/mol. The molecule has 1 saturated carbocycles. The molecule has 0 aromatic heterocycles. The minimum atomic E-state index is -0.186. The van der Waals surface area contributed by atoms with E-state index < -0.39 is 0 Å². The van der Waals surface area contributed by atoms with Gasteiger partial charge in [0.2, 0.25) is 0 Å². The fraction of sp³-hybridized carbons (Fsp3) is 0.717. The molecule has 0 aliphatic heterocycles. The minimum absolute atomic E-state index is 0.00116. The highest BCUT2D eigenvalue weighted by Gasteiger charge is 2.51. The van der Waals surface area contributed by atoms with E-state index in [4.69, 9.17) is 0 Å². The highest BCUT2D eigenvalue weighted by atomic mass is 16.1. The summed E-state index contributed by atoms with van der Waals surface area (Å²) in [6, 6.07) is 0. The van der Waals surface area contributed by atoms with E-state index in [0.717, 1.165) is 24.8 Å². The number of carbonyl (C=O) groups is 3. The summed E-state index contributed by atoms with van der Waals surface area (Å²) in [6.07, 6.45) is 17.8. The first kappa shape index (κ1) is 44.7. The molecule has 3 aliphatic carbocycles. The Hall–Kier alpha value is -2.29. The second kappa shape index (κ2) is 15.9. The van der Waals surface area contributed by atoms with E-state index in [-0.39, 0.29) is 37.9 Å². The zero-order valence-corrected chi connectivity index (χ0v) is 35.5. The average Bonchev–Trinajstić information content (AvgIpc) is 3.09. The maximum atomic E-state index is 12.5. The Morgan fingerprint density at radius 2 is 1.16 bits per heavy atom. The van der Waals surface area contributed by atoms with Crippen molar-refractivity contribution in [2.45, 2.75) is 170 Å². The lowest BCUT2D eigenvalue weighted by Crippen LogP contribution is -2.36. The van der Waals surface area contributed by atoms with Crippen LogP contribution in [0, 0.1) is 43.8 Å². The largest absolute Gasteiger partial charge is 0.299 e. The van der Waals surface area contributed by atoms with Gasteiger partial charge in [-0.2, -0.15) is 0 Å². The van der Waals surface area contributed by atoms with Gasteiger partial charge >= 0.3 is 0 Å². The number of rotatable bonds is 4. The Morgan fingerprint density at radius 3 is 1.57 bits per heavy atom. The van der Waals surface area contributed by atoms with E-state index in [2.05, 4.69) is 149 Å². The molecule has 0 spiro atoms. The van der Waals surface area contributed by atoms with Crippen LogP contribution in [0.1, 0.15) is 170 Å². The topological polar surface area (TPSA) is 51.2 Å². The van der Waals surface area contributed by atoms with Crippen LogP contribution >= 0.6 is 0 Å². The summed E-state index contributed by atoms with van der Waals surface area (Å²) in [5.74, 6) is 1.65. The molecule has 2 atom stereocenters. The van der Waals surface area contributed by atoms with Crippen LogP contribution in [-0.4, -0.2) is 17.3 Å². The maximum Gasteiger partial charge on any atom is 0.161 e. The molecule has 2 unspecified atom stereocenters. The van der Waals surface area contributed by atoms with E-state index in [1.54, 1.807) is 0 Å². The van der Waals surface area contributed by atoms with Gasteiger partial charge in [-0.25, -0.2) is 0 Å². The summed E-state index contributed by atoms with van der Waals surface area (Å²) in [4.78, 5) is 35.8. The van der Waals surface area contributed by atoms with Crippen molar-refractivity contribution >= 4 is 17.3 Å². The highest BCUT2D eigenvalue weighted by molar-refractivity contribution is 5.97. The molecule has 0 radical (unpaired) electrons. The van der Waals surface area contributed by atoms with Gasteiger partial charge in [-0.1, -0.05) is 154 Å². The normalized spacial score (nSPS) is 25.9. The van der Waals surface area contributed by atoms with Crippen LogP contribution in [0.3, 0.4) is 0 Å². The molecule has 3 nitrogen and oxygen atoms in total. The van der Waals surface area contributed by atoms with E-state index in [1.165, 1.54) is 16.7 Å². The summed E-state index contributed by atoms with van der Waals surface area (Å²) in [7, 11) is 0. The van der Waals surface area contributed by atoms with E-state index in [0.29, 0.717) is 42.5 Å². The first-order valence-electron chi connectivity index (χ1n) is 18.8. The quantitative estimate of drug-likeness (QED) is 0.278. The van der Waals surface area contributed by atoms with Crippen molar-refractivity contribution in [2.24, 2.45) is 43.8 Å². The van der Waals surface area contributed by atoms with Crippen LogP contribution in [0.25, 0.3) is 0 Å². The molecule has 3 rings (SSSR count). The summed E-state index contributed by atoms with van der Waals surface area (Å²) in [5, 5.41) is 0. The predicted octanol–water partition coefficient (Wildman–Crippen LogP) is 13.2. The Morgan fingerprint density at radius 1 is 0.694 bits per heavy atom. The summed E-state index contributed by atoms with van der Waals surface area (Å²) >= 11 is 0. The molecule has 0 aromatic rings. The highest BCUT2D eigenvalue weighted by Crippen LogP contribution is 2.55. The number of carbonyl (C=O) groups excluding carboxylic acids is 3. The van der Waals surface area contributed by atoms with Crippen molar-refractivity contribution in [2.75, 3.05) is 0 Å². The molecular formula is C46H76O3. The zero-order valence-electron chi connectivity index (χ0n) is 35.5. The Kier molecular flexibility index (Phi) is 14.6. The van der Waals surface area contributed by atoms with Crippen LogP contribution < -0.4 is 0 Å². The van der Waals surface area contributed by atoms with Crippen molar-refractivity contribution in [3.05, 3.63) is 58.7 Å². The lowest BCUT2D eigenvalue weighted by molar-refractivity contribution is -0.127. The summed E-state index contributed by atoms with van der Waals surface area (Å²) < 4.78 is 0. The number of hydrogen-bond donors (Lipinski definition) is 0. The molecule has 0 saturated heterocycles. The van der Waals surface area contributed by atoms with Crippen molar-refractivity contribution in [3.8, 4) is 0 Å². The predicted molar refractivity (Wildman–Crippen MR) is 213 cm³/mol. The lowest BCUT2D eigenvalue weighted by atomic mass is 9.66. The number of Topliss-reactive ketones (excluding diaryl/α,β-unsaturated/α-hetero) is 2. The third-order valence-corrected chi connectivity index (χ3v) is 10.7. The minimum Gasteiger partial charge on any atom is -0.299 e. The Bertz CT molecular complexity index is 1360. The molecule has 0 heterocycles. The first-order chi connectivity index (χ1) is 21.7. The van der Waals surface area contributed by atoms with Crippen molar-refractivity contribution < 1.29 is 14.4 Å². The molecule has 3 aliphatic rings. The van der Waals surface area contributed by atoms with Gasteiger partial charge in [-0.15, -0.1) is 0 Å². The third-order valence-electron chi connectivity index (χ3n) is 10.7. The molecule has 0 bridgehead atoms. The number of allylic oxidation sites excluding steroid dienone is 10. The lowest BCUT2D eigenvalue weighted by Gasteiger charge is -2.36. The molecule has 278 valence electrons. The number of hydrogen-bond acceptors (Lipinski definition) is 3. The van der Waals surface area contributed by atoms with Crippen LogP contribution in [0.15, 0.2) is 58.7 Å². The molecule has 0 aromatic carbocycles. The van der Waals surface area contributed by atoms with Gasteiger partial charge < -0.3 is 0 Å². The summed E-state index contributed by atoms with van der Waals surface area (Å²) in [5.41, 5.74) is 5.29. The van der Waals surface area contributed by atoms with Gasteiger partial charge in [0.25, 0.3) is 0 Å². The molecule has 49 heavy (non-hydrogen) atoms. The first-order valence-corrected chi connectivity index (χ1v) is 18.8. The van der Waals surface area contributed by atoms with Gasteiger partial charge in [-0.3, -0.25) is 14.4 Å². The zero-order chi connectivity index (χ0) is 38.6. The second-order valence-electron chi connectivity index (χ2n) is 21.0. The molecule has 1 fully saturated rings. The van der Waals surface area contributed by atoms with Crippen LogP contribution in [0.4, 0.5) is 0 Å². The Balaban J connectivity index is 0.000000368. The monoisotopic (exact) mass is 677 g/mol. The van der Waals surface area contributed by atoms with Gasteiger partial charge in [0.15, 0.2) is 11.6 Å². The third kappa shape index (κ3) is 13.7. The van der Waals surface area contributed by atoms with Crippen LogP contribution in [0.5, 0.6) is 0 Å². The molecule has 3 heteroatoms. The number of ketones is 3. The van der Waals surface area contributed by atoms with Crippen molar-refractivity contribution in [3.63, 3.8) is 0 Å². The van der Waals surface area contributed by atoms with Crippen LogP contribution in [-0.2, 0) is 14.4 Å². The van der Waals surface area contributed by atoms with Gasteiger partial charge in [0, 0.05) is 24.7 Å². The Labute approximate surface area is 303 Å². The SMILES string of the molecule is CC1=C(/C=C/C(C)(C)C)C(C)(C)CC(=O)C1.CC1=C(/C=C/C(C)(C)C)C(C)(C)CCC1=O.CC1CC(C)(C)C(C)(C(=O)/C=C/C(C)(C)C)C1. The van der Waals surface area contributed by atoms with E-state index in [9.17, 15) is 14.4 Å². The van der Waals surface area contributed by atoms with Gasteiger partial charge in [0.05, 0.1) is 0 Å². The van der Waals surface area contributed by atoms with Crippen molar-refractivity contribution in [1.29, 1.82) is 0 Å². The molecule has 0 N–H and O–H groups in total. The van der Waals surface area contributed by atoms with Gasteiger partial charge in [-0.05, 0) is 94.3 Å².